The fourth-order valence-electron chi connectivity index (χ4n) is 8.16. The molecule has 3 aliphatic carbocycles. The van der Waals surface area contributed by atoms with Crippen molar-refractivity contribution in [2.75, 3.05) is 26.9 Å². The van der Waals surface area contributed by atoms with Gasteiger partial charge in [0.2, 0.25) is 0 Å². The lowest BCUT2D eigenvalue weighted by Crippen LogP contribution is -2.61. The Morgan fingerprint density at radius 3 is 2.53 bits per heavy atom. The highest BCUT2D eigenvalue weighted by Crippen LogP contribution is 2.54. The fourth-order valence-corrected chi connectivity index (χ4v) is 8.16. The van der Waals surface area contributed by atoms with Crippen molar-refractivity contribution in [3.63, 3.8) is 0 Å². The van der Waals surface area contributed by atoms with Gasteiger partial charge in [-0.05, 0) is 61.6 Å². The second-order valence-electron chi connectivity index (χ2n) is 13.8. The van der Waals surface area contributed by atoms with Crippen molar-refractivity contribution in [3.8, 4) is 0 Å². The van der Waals surface area contributed by atoms with Crippen molar-refractivity contribution in [2.24, 2.45) is 29.1 Å². The normalized spacial score (nSPS) is 40.4. The van der Waals surface area contributed by atoms with Gasteiger partial charge in [0.25, 0.3) is 5.91 Å². The molecule has 1 aromatic rings. The number of methoxy groups -OCH3 is 1. The molecule has 10 nitrogen and oxygen atoms in total. The number of rotatable bonds is 9. The first-order valence-corrected chi connectivity index (χ1v) is 16.4. The number of aliphatic hydroxyl groups excluding tert-OH is 5. The molecule has 0 aromatic heterocycles. The van der Waals surface area contributed by atoms with E-state index in [1.54, 1.807) is 37.4 Å². The van der Waals surface area contributed by atoms with Crippen LogP contribution in [0.15, 0.2) is 53.1 Å². The predicted molar refractivity (Wildman–Crippen MR) is 167 cm³/mol. The van der Waals surface area contributed by atoms with Crippen molar-refractivity contribution >= 4 is 5.91 Å². The van der Waals surface area contributed by atoms with Crippen LogP contribution in [0, 0.1) is 29.1 Å². The van der Waals surface area contributed by atoms with Gasteiger partial charge in [0.1, 0.15) is 30.5 Å². The van der Waals surface area contributed by atoms with Crippen LogP contribution in [-0.4, -0.2) is 101 Å². The average molecular weight is 630 g/mol. The van der Waals surface area contributed by atoms with E-state index in [9.17, 15) is 30.3 Å². The smallest absolute Gasteiger partial charge is 0.251 e. The minimum Gasteiger partial charge on any atom is -0.396 e. The summed E-state index contributed by atoms with van der Waals surface area (Å²) in [6.07, 6.45) is -2.67. The number of carbonyl (C=O) groups is 1. The Bertz CT molecular complexity index is 1240. The molecule has 12 atom stereocenters. The lowest BCUT2D eigenvalue weighted by molar-refractivity contribution is -0.309. The molecule has 0 radical (unpaired) electrons. The number of ether oxygens (including phenoxy) is 3. The number of carbonyl (C=O) groups excluding carboxylic acids is 1. The number of hydrogen-bond donors (Lipinski definition) is 6. The van der Waals surface area contributed by atoms with Crippen LogP contribution in [0.5, 0.6) is 0 Å². The molecule has 6 N–H and O–H groups in total. The molecule has 0 bridgehead atoms. The van der Waals surface area contributed by atoms with E-state index in [2.05, 4.69) is 25.2 Å². The average Bonchev–Trinajstić information content (AvgIpc) is 3.59. The number of hydrogen-bond acceptors (Lipinski definition) is 9. The van der Waals surface area contributed by atoms with Gasteiger partial charge in [0.05, 0.1) is 12.7 Å². The molecule has 1 saturated carbocycles. The lowest BCUT2D eigenvalue weighted by Gasteiger charge is -2.43. The van der Waals surface area contributed by atoms with Gasteiger partial charge in [-0.1, -0.05) is 56.2 Å². The summed E-state index contributed by atoms with van der Waals surface area (Å²) in [5, 5.41) is 57.6. The quantitative estimate of drug-likeness (QED) is 0.226. The number of allylic oxidation sites excluding steroid dienone is 1. The molecular weight excluding hydrogens is 578 g/mol. The molecule has 1 heterocycles. The molecule has 250 valence electrons. The minimum absolute atomic E-state index is 0.0593. The van der Waals surface area contributed by atoms with Crippen molar-refractivity contribution in [1.82, 2.24) is 5.32 Å². The van der Waals surface area contributed by atoms with Crippen LogP contribution in [0.2, 0.25) is 0 Å². The van der Waals surface area contributed by atoms with Crippen molar-refractivity contribution < 1.29 is 44.5 Å². The molecule has 4 aliphatic rings. The Hall–Kier alpha value is -2.15. The first kappa shape index (κ1) is 34.2. The van der Waals surface area contributed by atoms with Gasteiger partial charge in [0.15, 0.2) is 6.29 Å². The Balaban J connectivity index is 1.46. The SMILES string of the molecule is COC[C@H]1CC[C@@H]2/C1=C\C1(C)CCC(C(C)CO)=C1[C@@H](OC1OC(CNC(=O)c3ccccc3)C(O)C(O)C1O)C(O)CC2C. The maximum atomic E-state index is 12.7. The second-order valence-corrected chi connectivity index (χ2v) is 13.8. The zero-order valence-electron chi connectivity index (χ0n) is 26.8. The summed E-state index contributed by atoms with van der Waals surface area (Å²) in [5.41, 5.74) is 3.20. The Morgan fingerprint density at radius 1 is 1.11 bits per heavy atom. The predicted octanol–water partition coefficient (Wildman–Crippen LogP) is 2.33. The number of aliphatic hydroxyl groups is 5. The summed E-state index contributed by atoms with van der Waals surface area (Å²) in [4.78, 5) is 12.7. The molecule has 0 spiro atoms. The molecule has 5 rings (SSSR count). The second kappa shape index (κ2) is 14.3. The fraction of sp³-hybridized carbons (Fsp3) is 0.686. The number of benzene rings is 1. The van der Waals surface area contributed by atoms with Gasteiger partial charge in [0, 0.05) is 43.1 Å². The van der Waals surface area contributed by atoms with Gasteiger partial charge in [-0.3, -0.25) is 4.79 Å². The molecule has 45 heavy (non-hydrogen) atoms. The third-order valence-corrected chi connectivity index (χ3v) is 10.7. The largest absolute Gasteiger partial charge is 0.396 e. The van der Waals surface area contributed by atoms with E-state index in [-0.39, 0.29) is 30.9 Å². The van der Waals surface area contributed by atoms with E-state index < -0.39 is 48.3 Å². The summed E-state index contributed by atoms with van der Waals surface area (Å²) in [7, 11) is 1.73. The first-order chi connectivity index (χ1) is 21.5. The van der Waals surface area contributed by atoms with E-state index >= 15 is 0 Å². The topological polar surface area (TPSA) is 158 Å². The standard InChI is InChI=1S/C35H51NO9/c1-19-14-26(38)32(28-24(20(2)17-37)12-13-35(28,3)15-25-22(18-43-4)10-11-23(19)25)45-34-31(41)30(40)29(39)27(44-34)16-36-33(42)21-8-6-5-7-9-21/h5-9,15,19-20,22-23,26-27,29-32,34,37-41H,10-14,16-18H2,1-4H3,(H,36,42)/b25-15-/t19?,20?,22-,23+,26?,27?,29?,30?,31?,32+,34?,35?/m1/s1. The van der Waals surface area contributed by atoms with Crippen LogP contribution >= 0.6 is 0 Å². The molecule has 1 amide bonds. The van der Waals surface area contributed by atoms with Gasteiger partial charge in [-0.25, -0.2) is 0 Å². The monoisotopic (exact) mass is 629 g/mol. The zero-order chi connectivity index (χ0) is 32.5. The molecule has 1 aromatic carbocycles. The van der Waals surface area contributed by atoms with Crippen molar-refractivity contribution in [3.05, 3.63) is 58.7 Å². The van der Waals surface area contributed by atoms with E-state index in [0.717, 1.165) is 36.8 Å². The maximum Gasteiger partial charge on any atom is 0.251 e. The molecule has 10 heteroatoms. The molecular formula is C35H51NO9. The third kappa shape index (κ3) is 6.94. The van der Waals surface area contributed by atoms with Crippen molar-refractivity contribution in [1.29, 1.82) is 0 Å². The van der Waals surface area contributed by atoms with E-state index in [1.807, 2.05) is 6.92 Å². The van der Waals surface area contributed by atoms with E-state index in [4.69, 9.17) is 14.2 Å². The van der Waals surface area contributed by atoms with Crippen LogP contribution in [0.1, 0.15) is 63.2 Å². The van der Waals surface area contributed by atoms with Crippen LogP contribution in [0.25, 0.3) is 0 Å². The number of fused-ring (bicyclic) bond motifs is 2. The van der Waals surface area contributed by atoms with Crippen LogP contribution < -0.4 is 5.32 Å². The summed E-state index contributed by atoms with van der Waals surface area (Å²) in [6.45, 7) is 6.71. The highest BCUT2D eigenvalue weighted by atomic mass is 16.7. The Morgan fingerprint density at radius 2 is 1.84 bits per heavy atom. The highest BCUT2D eigenvalue weighted by molar-refractivity contribution is 5.94. The summed E-state index contributed by atoms with van der Waals surface area (Å²) >= 11 is 0. The molecule has 1 aliphatic heterocycles. The zero-order valence-corrected chi connectivity index (χ0v) is 26.8. The van der Waals surface area contributed by atoms with E-state index in [1.165, 1.54) is 5.57 Å². The van der Waals surface area contributed by atoms with Crippen LogP contribution in [-0.2, 0) is 14.2 Å². The Kier molecular flexibility index (Phi) is 10.9. The van der Waals surface area contributed by atoms with Crippen molar-refractivity contribution in [2.45, 2.75) is 95.8 Å². The van der Waals surface area contributed by atoms with Crippen LogP contribution in [0.4, 0.5) is 0 Å². The van der Waals surface area contributed by atoms with Crippen LogP contribution in [0.3, 0.4) is 0 Å². The Labute approximate surface area is 266 Å². The minimum atomic E-state index is -1.61. The maximum absolute atomic E-state index is 12.7. The van der Waals surface area contributed by atoms with Gasteiger partial charge < -0.3 is 45.1 Å². The molecule has 9 unspecified atom stereocenters. The first-order valence-electron chi connectivity index (χ1n) is 16.4. The number of amides is 1. The summed E-state index contributed by atoms with van der Waals surface area (Å²) in [5.74, 6) is 0.191. The van der Waals surface area contributed by atoms with E-state index in [0.29, 0.717) is 30.4 Å². The van der Waals surface area contributed by atoms with Gasteiger partial charge in [-0.15, -0.1) is 0 Å². The van der Waals surface area contributed by atoms with Gasteiger partial charge >= 0.3 is 0 Å². The molecule has 1 saturated heterocycles. The lowest BCUT2D eigenvalue weighted by atomic mass is 9.75. The number of nitrogens with one attached hydrogen (secondary N) is 1. The van der Waals surface area contributed by atoms with Gasteiger partial charge in [-0.2, -0.15) is 0 Å². The molecule has 2 fully saturated rings. The third-order valence-electron chi connectivity index (χ3n) is 10.7. The highest BCUT2D eigenvalue weighted by Gasteiger charge is 2.51. The summed E-state index contributed by atoms with van der Waals surface area (Å²) < 4.78 is 18.2. The summed E-state index contributed by atoms with van der Waals surface area (Å²) in [6, 6.07) is 8.61.